The molecule has 0 bridgehead atoms. The predicted octanol–water partition coefficient (Wildman–Crippen LogP) is 3.10. The van der Waals surface area contributed by atoms with Gasteiger partial charge in [0.25, 0.3) is 5.91 Å². The summed E-state index contributed by atoms with van der Waals surface area (Å²) in [7, 11) is 0. The second-order valence-electron chi connectivity index (χ2n) is 7.31. The lowest BCUT2D eigenvalue weighted by Crippen LogP contribution is -2.50. The van der Waals surface area contributed by atoms with Gasteiger partial charge in [0.2, 0.25) is 0 Å². The van der Waals surface area contributed by atoms with Gasteiger partial charge in [0.05, 0.1) is 29.5 Å². The second-order valence-corrected chi connectivity index (χ2v) is 7.75. The molecule has 1 unspecified atom stereocenters. The van der Waals surface area contributed by atoms with Crippen molar-refractivity contribution in [1.29, 1.82) is 0 Å². The van der Waals surface area contributed by atoms with Crippen molar-refractivity contribution in [2.75, 3.05) is 31.6 Å². The Labute approximate surface area is 164 Å². The number of nitrogens with one attached hydrogen (secondary N) is 1. The number of halogens is 1. The van der Waals surface area contributed by atoms with Crippen LogP contribution < -0.4 is 11.1 Å². The molecular formula is C20H25ClN4O2. The van der Waals surface area contributed by atoms with Crippen LogP contribution >= 0.6 is 11.6 Å². The van der Waals surface area contributed by atoms with Crippen LogP contribution in [0.4, 0.5) is 5.69 Å². The number of anilines is 1. The first-order chi connectivity index (χ1) is 12.9. The standard InChI is InChI=1S/C20H25ClN4O2/c1-20(2)13-25(9-10-27-20)18(14-3-5-15(21)6-4-14)12-24-17-7-8-23-11-16(17)19(22)26/h3-8,11,18H,9-10,12-13H2,1-2H3,(H2,22,26)(H,23,24). The molecule has 27 heavy (non-hydrogen) atoms. The number of amides is 1. The highest BCUT2D eigenvalue weighted by atomic mass is 35.5. The zero-order valence-corrected chi connectivity index (χ0v) is 16.4. The Morgan fingerprint density at radius 1 is 1.37 bits per heavy atom. The molecule has 6 nitrogen and oxygen atoms in total. The molecule has 1 aromatic carbocycles. The molecule has 1 aliphatic heterocycles. The summed E-state index contributed by atoms with van der Waals surface area (Å²) in [4.78, 5) is 18.0. The minimum absolute atomic E-state index is 0.0966. The molecular weight excluding hydrogens is 364 g/mol. The van der Waals surface area contributed by atoms with E-state index in [0.29, 0.717) is 29.4 Å². The van der Waals surface area contributed by atoms with Crippen LogP contribution in [0, 0.1) is 0 Å². The molecule has 144 valence electrons. The van der Waals surface area contributed by atoms with Crippen LogP contribution in [-0.4, -0.2) is 47.6 Å². The van der Waals surface area contributed by atoms with E-state index in [-0.39, 0.29) is 11.6 Å². The van der Waals surface area contributed by atoms with E-state index < -0.39 is 5.91 Å². The lowest BCUT2D eigenvalue weighted by Gasteiger charge is -2.42. The van der Waals surface area contributed by atoms with E-state index in [1.807, 2.05) is 24.3 Å². The van der Waals surface area contributed by atoms with Gasteiger partial charge in [-0.25, -0.2) is 0 Å². The minimum Gasteiger partial charge on any atom is -0.382 e. The molecule has 1 aromatic heterocycles. The molecule has 2 aromatic rings. The van der Waals surface area contributed by atoms with Crippen LogP contribution in [0.2, 0.25) is 5.02 Å². The van der Waals surface area contributed by atoms with E-state index in [1.54, 1.807) is 12.3 Å². The topological polar surface area (TPSA) is 80.5 Å². The number of hydrogen-bond donors (Lipinski definition) is 2. The SMILES string of the molecule is CC1(C)CN(C(CNc2ccncc2C(N)=O)c2ccc(Cl)cc2)CCO1. The quantitative estimate of drug-likeness (QED) is 0.794. The summed E-state index contributed by atoms with van der Waals surface area (Å²) in [5.41, 5.74) is 7.48. The number of aromatic nitrogens is 1. The first-order valence-corrected chi connectivity index (χ1v) is 9.35. The summed E-state index contributed by atoms with van der Waals surface area (Å²) in [6, 6.07) is 9.74. The number of nitrogens with two attached hydrogens (primary N) is 1. The highest BCUT2D eigenvalue weighted by molar-refractivity contribution is 6.30. The number of ether oxygens (including phenoxy) is 1. The molecule has 0 radical (unpaired) electrons. The molecule has 1 atom stereocenters. The van der Waals surface area contributed by atoms with Crippen LogP contribution in [0.25, 0.3) is 0 Å². The van der Waals surface area contributed by atoms with Crippen LogP contribution in [0.5, 0.6) is 0 Å². The Balaban J connectivity index is 1.84. The van der Waals surface area contributed by atoms with Crippen molar-refractivity contribution in [2.24, 2.45) is 5.73 Å². The summed E-state index contributed by atoms with van der Waals surface area (Å²) in [5, 5.41) is 4.08. The molecule has 1 aliphatic rings. The normalized spacial score (nSPS) is 18.0. The smallest absolute Gasteiger partial charge is 0.252 e. The Morgan fingerprint density at radius 3 is 2.78 bits per heavy atom. The van der Waals surface area contributed by atoms with E-state index in [4.69, 9.17) is 22.1 Å². The number of morpholine rings is 1. The first-order valence-electron chi connectivity index (χ1n) is 8.97. The highest BCUT2D eigenvalue weighted by Gasteiger charge is 2.32. The van der Waals surface area contributed by atoms with Crippen LogP contribution in [0.15, 0.2) is 42.7 Å². The van der Waals surface area contributed by atoms with Gasteiger partial charge in [-0.05, 0) is 37.6 Å². The Hall–Kier alpha value is -2.15. The third kappa shape index (κ3) is 4.97. The lowest BCUT2D eigenvalue weighted by atomic mass is 10.0. The Kier molecular flexibility index (Phi) is 5.99. The molecule has 0 spiro atoms. The van der Waals surface area contributed by atoms with E-state index in [0.717, 1.165) is 18.7 Å². The van der Waals surface area contributed by atoms with Crippen LogP contribution in [0.1, 0.15) is 35.8 Å². The van der Waals surface area contributed by atoms with E-state index in [1.165, 1.54) is 6.20 Å². The van der Waals surface area contributed by atoms with Crippen molar-refractivity contribution < 1.29 is 9.53 Å². The maximum absolute atomic E-state index is 11.7. The van der Waals surface area contributed by atoms with Crippen molar-refractivity contribution in [3.8, 4) is 0 Å². The fraction of sp³-hybridized carbons (Fsp3) is 0.400. The monoisotopic (exact) mass is 388 g/mol. The van der Waals surface area contributed by atoms with Crippen molar-refractivity contribution in [3.63, 3.8) is 0 Å². The average Bonchev–Trinajstić information content (AvgIpc) is 2.63. The fourth-order valence-electron chi connectivity index (χ4n) is 3.41. The highest BCUT2D eigenvalue weighted by Crippen LogP contribution is 2.28. The maximum atomic E-state index is 11.7. The Bertz CT molecular complexity index is 795. The van der Waals surface area contributed by atoms with Crippen LogP contribution in [-0.2, 0) is 4.74 Å². The van der Waals surface area contributed by atoms with E-state index in [2.05, 4.69) is 29.0 Å². The molecule has 2 heterocycles. The van der Waals surface area contributed by atoms with Crippen molar-refractivity contribution in [2.45, 2.75) is 25.5 Å². The van der Waals surface area contributed by atoms with Gasteiger partial charge in [0.1, 0.15) is 0 Å². The summed E-state index contributed by atoms with van der Waals surface area (Å²) >= 11 is 6.07. The molecule has 1 saturated heterocycles. The summed E-state index contributed by atoms with van der Waals surface area (Å²) in [5.74, 6) is -0.499. The van der Waals surface area contributed by atoms with E-state index >= 15 is 0 Å². The van der Waals surface area contributed by atoms with Crippen LogP contribution in [0.3, 0.4) is 0 Å². The summed E-state index contributed by atoms with van der Waals surface area (Å²) < 4.78 is 5.86. The third-order valence-electron chi connectivity index (χ3n) is 4.72. The van der Waals surface area contributed by atoms with Crippen molar-refractivity contribution >= 4 is 23.2 Å². The van der Waals surface area contributed by atoms with Crippen molar-refractivity contribution in [3.05, 3.63) is 58.9 Å². The number of rotatable bonds is 6. The minimum atomic E-state index is -0.499. The number of benzene rings is 1. The molecule has 0 saturated carbocycles. The van der Waals surface area contributed by atoms with Gasteiger partial charge < -0.3 is 15.8 Å². The zero-order valence-electron chi connectivity index (χ0n) is 15.6. The predicted molar refractivity (Wildman–Crippen MR) is 107 cm³/mol. The molecule has 3 N–H and O–H groups in total. The van der Waals surface area contributed by atoms with Crippen molar-refractivity contribution in [1.82, 2.24) is 9.88 Å². The molecule has 3 rings (SSSR count). The summed E-state index contributed by atoms with van der Waals surface area (Å²) in [6.45, 7) is 7.12. The van der Waals surface area contributed by atoms with Gasteiger partial charge in [-0.1, -0.05) is 23.7 Å². The Morgan fingerprint density at radius 2 is 2.11 bits per heavy atom. The molecule has 1 amide bonds. The zero-order chi connectivity index (χ0) is 19.4. The first kappa shape index (κ1) is 19.6. The number of carbonyl (C=O) groups is 1. The lowest BCUT2D eigenvalue weighted by molar-refractivity contribution is -0.0963. The fourth-order valence-corrected chi connectivity index (χ4v) is 3.54. The van der Waals surface area contributed by atoms with Gasteiger partial charge in [0.15, 0.2) is 0 Å². The largest absolute Gasteiger partial charge is 0.382 e. The van der Waals surface area contributed by atoms with Gasteiger partial charge in [-0.15, -0.1) is 0 Å². The van der Waals surface area contributed by atoms with E-state index in [9.17, 15) is 4.79 Å². The molecule has 1 fully saturated rings. The number of nitrogens with zero attached hydrogens (tertiary/aromatic N) is 2. The maximum Gasteiger partial charge on any atom is 0.252 e. The number of hydrogen-bond acceptors (Lipinski definition) is 5. The molecule has 7 heteroatoms. The molecule has 0 aliphatic carbocycles. The van der Waals surface area contributed by atoms with Gasteiger partial charge in [0, 0.05) is 37.1 Å². The average molecular weight is 389 g/mol. The number of carbonyl (C=O) groups excluding carboxylic acids is 1. The summed E-state index contributed by atoms with van der Waals surface area (Å²) in [6.07, 6.45) is 3.13. The number of primary amides is 1. The van der Waals surface area contributed by atoms with Gasteiger partial charge >= 0.3 is 0 Å². The second kappa shape index (κ2) is 8.25. The number of pyridine rings is 1. The van der Waals surface area contributed by atoms with Gasteiger partial charge in [-0.3, -0.25) is 14.7 Å². The van der Waals surface area contributed by atoms with Gasteiger partial charge in [-0.2, -0.15) is 0 Å². The third-order valence-corrected chi connectivity index (χ3v) is 4.98.